The number of nitrogens with zero attached hydrogens (tertiary/aromatic N) is 1. The maximum atomic E-state index is 12.1. The lowest BCUT2D eigenvalue weighted by atomic mass is 9.84. The Hall–Kier alpha value is -2.77. The number of likely N-dealkylation sites (N-methyl/N-ethyl adjacent to an activating group) is 1. The standard InChI is InChI=1S/C31H40N2O4S/c1-20-21(2)28-26(22(3)25(20)10-8-6-7-9-17-32)15-16-31(4,37-28)19-36-24-13-11-23(12-14-24)18-27-29(34)33(5)30(35)38-27/h11-14,18H,6-10,15-17,19,32H2,1-5H3/b27-18-. The summed E-state index contributed by atoms with van der Waals surface area (Å²) in [7, 11) is 1.50. The largest absolute Gasteiger partial charge is 0.489 e. The number of hydrogen-bond acceptors (Lipinski definition) is 6. The number of carbonyl (C=O) groups excluding carboxylic acids is 2. The Morgan fingerprint density at radius 1 is 1.05 bits per heavy atom. The van der Waals surface area contributed by atoms with Crippen LogP contribution in [0.25, 0.3) is 6.08 Å². The molecule has 2 aliphatic heterocycles. The Kier molecular flexibility index (Phi) is 8.89. The van der Waals surface area contributed by atoms with Gasteiger partial charge >= 0.3 is 0 Å². The van der Waals surface area contributed by atoms with E-state index in [9.17, 15) is 9.59 Å². The van der Waals surface area contributed by atoms with Crippen LogP contribution in [0.1, 0.15) is 72.4 Å². The number of nitrogens with two attached hydrogens (primary N) is 1. The van der Waals surface area contributed by atoms with Crippen molar-refractivity contribution >= 4 is 29.0 Å². The minimum absolute atomic E-state index is 0.251. The summed E-state index contributed by atoms with van der Waals surface area (Å²) >= 11 is 0.961. The molecule has 1 saturated heterocycles. The fourth-order valence-corrected chi connectivity index (χ4v) is 6.08. The summed E-state index contributed by atoms with van der Waals surface area (Å²) in [6.45, 7) is 10.0. The summed E-state index contributed by atoms with van der Waals surface area (Å²) in [5.41, 5.74) is 12.9. The van der Waals surface area contributed by atoms with Gasteiger partial charge in [-0.25, -0.2) is 0 Å². The smallest absolute Gasteiger partial charge is 0.293 e. The van der Waals surface area contributed by atoms with E-state index >= 15 is 0 Å². The Morgan fingerprint density at radius 3 is 2.42 bits per heavy atom. The van der Waals surface area contributed by atoms with E-state index < -0.39 is 5.60 Å². The molecular formula is C31H40N2O4S. The highest BCUT2D eigenvalue weighted by atomic mass is 32.2. The van der Waals surface area contributed by atoms with E-state index in [4.69, 9.17) is 15.2 Å². The van der Waals surface area contributed by atoms with E-state index in [2.05, 4.69) is 27.7 Å². The zero-order valence-electron chi connectivity index (χ0n) is 23.3. The van der Waals surface area contributed by atoms with Gasteiger partial charge in [-0.3, -0.25) is 14.5 Å². The lowest BCUT2D eigenvalue weighted by Gasteiger charge is -2.38. The molecule has 6 nitrogen and oxygen atoms in total. The van der Waals surface area contributed by atoms with Crippen molar-refractivity contribution in [2.45, 2.75) is 78.2 Å². The van der Waals surface area contributed by atoms with Crippen molar-refractivity contribution in [2.24, 2.45) is 5.73 Å². The van der Waals surface area contributed by atoms with Gasteiger partial charge in [-0.15, -0.1) is 0 Å². The van der Waals surface area contributed by atoms with Crippen LogP contribution >= 0.6 is 11.8 Å². The van der Waals surface area contributed by atoms with E-state index in [-0.39, 0.29) is 11.1 Å². The first kappa shape index (κ1) is 28.2. The number of carbonyl (C=O) groups is 2. The predicted molar refractivity (Wildman–Crippen MR) is 155 cm³/mol. The first-order valence-corrected chi connectivity index (χ1v) is 14.4. The van der Waals surface area contributed by atoms with Crippen LogP contribution in [0, 0.1) is 20.8 Å². The second-order valence-corrected chi connectivity index (χ2v) is 11.8. The van der Waals surface area contributed by atoms with Gasteiger partial charge in [0.25, 0.3) is 11.1 Å². The van der Waals surface area contributed by atoms with Crippen LogP contribution < -0.4 is 15.2 Å². The number of hydrogen-bond donors (Lipinski definition) is 1. The third-order valence-electron chi connectivity index (χ3n) is 7.88. The lowest BCUT2D eigenvalue weighted by Crippen LogP contribution is -2.42. The fourth-order valence-electron chi connectivity index (χ4n) is 5.25. The van der Waals surface area contributed by atoms with Crippen molar-refractivity contribution in [1.29, 1.82) is 0 Å². The molecule has 204 valence electrons. The maximum Gasteiger partial charge on any atom is 0.293 e. The number of amides is 2. The van der Waals surface area contributed by atoms with Gasteiger partial charge in [-0.2, -0.15) is 0 Å². The van der Waals surface area contributed by atoms with Gasteiger partial charge in [-0.1, -0.05) is 25.0 Å². The molecule has 0 spiro atoms. The molecule has 1 unspecified atom stereocenters. The Balaban J connectivity index is 1.40. The minimum Gasteiger partial charge on any atom is -0.489 e. The van der Waals surface area contributed by atoms with Gasteiger partial charge in [0.05, 0.1) is 4.91 Å². The summed E-state index contributed by atoms with van der Waals surface area (Å²) in [4.78, 5) is 25.4. The molecule has 0 aliphatic carbocycles. The average molecular weight is 537 g/mol. The molecular weight excluding hydrogens is 496 g/mol. The molecule has 0 saturated carbocycles. The van der Waals surface area contributed by atoms with Crippen LogP contribution in [0.5, 0.6) is 11.5 Å². The quantitative estimate of drug-likeness (QED) is 0.276. The molecule has 1 fully saturated rings. The molecule has 0 bridgehead atoms. The van der Waals surface area contributed by atoms with Gasteiger partial charge in [0.15, 0.2) is 0 Å². The minimum atomic E-state index is -0.418. The number of ether oxygens (including phenoxy) is 2. The Labute approximate surface area is 230 Å². The van der Waals surface area contributed by atoms with Crippen LogP contribution in [0.15, 0.2) is 29.2 Å². The molecule has 7 heteroatoms. The van der Waals surface area contributed by atoms with Gasteiger partial charge in [0.1, 0.15) is 23.7 Å². The van der Waals surface area contributed by atoms with Crippen LogP contribution in [0.2, 0.25) is 0 Å². The van der Waals surface area contributed by atoms with Gasteiger partial charge in [-0.05, 0) is 130 Å². The highest BCUT2D eigenvalue weighted by Crippen LogP contribution is 2.41. The van der Waals surface area contributed by atoms with E-state index in [1.807, 2.05) is 24.3 Å². The second kappa shape index (κ2) is 12.0. The molecule has 2 heterocycles. The molecule has 4 rings (SSSR count). The summed E-state index contributed by atoms with van der Waals surface area (Å²) < 4.78 is 12.8. The summed E-state index contributed by atoms with van der Waals surface area (Å²) in [5, 5.41) is -0.251. The van der Waals surface area contributed by atoms with Crippen molar-refractivity contribution in [1.82, 2.24) is 4.90 Å². The maximum absolute atomic E-state index is 12.1. The SMILES string of the molecule is Cc1c(C)c2c(c(C)c1CCCCCCN)CCC(C)(COc1ccc(/C=C3\SC(=O)N(C)C3=O)cc1)O2. The van der Waals surface area contributed by atoms with Gasteiger partial charge in [0, 0.05) is 7.05 Å². The van der Waals surface area contributed by atoms with Crippen LogP contribution in [-0.2, 0) is 17.6 Å². The monoisotopic (exact) mass is 536 g/mol. The van der Waals surface area contributed by atoms with Crippen molar-refractivity contribution in [2.75, 3.05) is 20.2 Å². The van der Waals surface area contributed by atoms with Crippen LogP contribution in [0.4, 0.5) is 4.79 Å². The van der Waals surface area contributed by atoms with E-state index in [1.54, 1.807) is 6.08 Å². The molecule has 1 atom stereocenters. The van der Waals surface area contributed by atoms with E-state index in [0.29, 0.717) is 11.5 Å². The van der Waals surface area contributed by atoms with Crippen LogP contribution in [-0.4, -0.2) is 41.8 Å². The first-order chi connectivity index (χ1) is 18.1. The predicted octanol–water partition coefficient (Wildman–Crippen LogP) is 6.50. The lowest BCUT2D eigenvalue weighted by molar-refractivity contribution is -0.121. The first-order valence-electron chi connectivity index (χ1n) is 13.6. The molecule has 0 radical (unpaired) electrons. The van der Waals surface area contributed by atoms with Gasteiger partial charge in [0.2, 0.25) is 0 Å². The number of imide groups is 1. The number of rotatable bonds is 10. The zero-order chi connectivity index (χ0) is 27.4. The Morgan fingerprint density at radius 2 is 1.76 bits per heavy atom. The summed E-state index contributed by atoms with van der Waals surface area (Å²) in [5.74, 6) is 1.51. The third-order valence-corrected chi connectivity index (χ3v) is 8.84. The van der Waals surface area contributed by atoms with Crippen molar-refractivity contribution < 1.29 is 19.1 Å². The topological polar surface area (TPSA) is 81.9 Å². The molecule has 2 aliphatic rings. The van der Waals surface area contributed by atoms with Crippen molar-refractivity contribution in [3.63, 3.8) is 0 Å². The van der Waals surface area contributed by atoms with Crippen molar-refractivity contribution in [3.05, 3.63) is 62.6 Å². The number of fused-ring (bicyclic) bond motifs is 1. The number of unbranched alkanes of at least 4 members (excludes halogenated alkanes) is 3. The normalized spacial score (nSPS) is 20.2. The Bertz CT molecular complexity index is 1240. The summed E-state index contributed by atoms with van der Waals surface area (Å²) in [6, 6.07) is 7.57. The number of thioether (sulfide) groups is 1. The van der Waals surface area contributed by atoms with Crippen molar-refractivity contribution in [3.8, 4) is 11.5 Å². The molecule has 0 aromatic heterocycles. The highest BCUT2D eigenvalue weighted by Gasteiger charge is 2.35. The molecule has 2 aromatic rings. The summed E-state index contributed by atoms with van der Waals surface area (Å²) in [6.07, 6.45) is 9.47. The van der Waals surface area contributed by atoms with Crippen LogP contribution in [0.3, 0.4) is 0 Å². The molecule has 2 aromatic carbocycles. The zero-order valence-corrected chi connectivity index (χ0v) is 24.1. The number of benzene rings is 2. The molecule has 38 heavy (non-hydrogen) atoms. The van der Waals surface area contributed by atoms with Gasteiger partial charge < -0.3 is 15.2 Å². The molecule has 2 N–H and O–H groups in total. The van der Waals surface area contributed by atoms with E-state index in [0.717, 1.165) is 66.0 Å². The second-order valence-electron chi connectivity index (χ2n) is 10.8. The molecule has 2 amide bonds. The van der Waals surface area contributed by atoms with E-state index in [1.165, 1.54) is 54.1 Å². The fraction of sp³-hybridized carbons (Fsp3) is 0.484. The highest BCUT2D eigenvalue weighted by molar-refractivity contribution is 8.18. The average Bonchev–Trinajstić information content (AvgIpc) is 3.14. The third kappa shape index (κ3) is 6.10.